The van der Waals surface area contributed by atoms with Crippen LogP contribution in [-0.2, 0) is 20.9 Å². The number of nitro groups is 1. The molecular formula is C36H43NO6. The molecule has 0 amide bonds. The molecule has 43 heavy (non-hydrogen) atoms. The second kappa shape index (κ2) is 9.51. The Morgan fingerprint density at radius 2 is 1.67 bits per heavy atom. The van der Waals surface area contributed by atoms with Gasteiger partial charge in [-0.3, -0.25) is 19.7 Å². The lowest BCUT2D eigenvalue weighted by molar-refractivity contribution is -0.384. The molecule has 0 saturated heterocycles. The van der Waals surface area contributed by atoms with Crippen molar-refractivity contribution in [2.45, 2.75) is 93.1 Å². The zero-order chi connectivity index (χ0) is 31.2. The zero-order valence-electron chi connectivity index (χ0n) is 26.2. The minimum Gasteiger partial charge on any atom is -0.504 e. The molecule has 0 aliphatic heterocycles. The summed E-state index contributed by atoms with van der Waals surface area (Å²) in [5, 5.41) is 21.4. The fourth-order valence-corrected chi connectivity index (χ4v) is 9.68. The number of fused-ring (bicyclic) bond motifs is 7. The van der Waals surface area contributed by atoms with Crippen LogP contribution in [0.3, 0.4) is 0 Å². The van der Waals surface area contributed by atoms with E-state index in [4.69, 9.17) is 4.74 Å². The zero-order valence-corrected chi connectivity index (χ0v) is 26.2. The number of carbonyl (C=O) groups excluding carboxylic acids is 2. The smallest absolute Gasteiger partial charge is 0.312 e. The first-order valence-electron chi connectivity index (χ1n) is 15.6. The van der Waals surface area contributed by atoms with Gasteiger partial charge in [-0.05, 0) is 116 Å². The third kappa shape index (κ3) is 4.13. The Kier molecular flexibility index (Phi) is 6.54. The van der Waals surface area contributed by atoms with Gasteiger partial charge in [-0.15, -0.1) is 0 Å². The van der Waals surface area contributed by atoms with E-state index in [0.29, 0.717) is 11.5 Å². The van der Waals surface area contributed by atoms with E-state index in [9.17, 15) is 24.8 Å². The van der Waals surface area contributed by atoms with E-state index < -0.39 is 10.3 Å². The molecule has 7 nitrogen and oxygen atoms in total. The lowest BCUT2D eigenvalue weighted by Gasteiger charge is -2.70. The Morgan fingerprint density at radius 1 is 1.00 bits per heavy atom. The third-order valence-electron chi connectivity index (χ3n) is 12.9. The Morgan fingerprint density at radius 3 is 2.35 bits per heavy atom. The Labute approximate surface area is 253 Å². The van der Waals surface area contributed by atoms with E-state index in [1.165, 1.54) is 17.7 Å². The molecule has 6 atom stereocenters. The van der Waals surface area contributed by atoms with Crippen molar-refractivity contribution in [1.82, 2.24) is 0 Å². The minimum atomic E-state index is -0.612. The van der Waals surface area contributed by atoms with E-state index in [2.05, 4.69) is 46.8 Å². The van der Waals surface area contributed by atoms with E-state index >= 15 is 0 Å². The van der Waals surface area contributed by atoms with Crippen LogP contribution in [0.4, 0.5) is 5.69 Å². The highest BCUT2D eigenvalue weighted by atomic mass is 16.6. The SMILES string of the molecule is CC1=C(O)C(=O)C=C2C1=CC=C1[C@@]2(C)CC[C@@]2(C)[C@@H]3C[C@](C)(C(=O)OCc4ccc([N+](=O)[O-])cc4)CC[C@]3(C)CC[C@]12C. The molecule has 5 aliphatic rings. The van der Waals surface area contributed by atoms with Crippen LogP contribution in [0.2, 0.25) is 0 Å². The van der Waals surface area contributed by atoms with Crippen LogP contribution in [0.25, 0.3) is 0 Å². The molecule has 1 aromatic carbocycles. The van der Waals surface area contributed by atoms with Crippen LogP contribution in [0.5, 0.6) is 0 Å². The summed E-state index contributed by atoms with van der Waals surface area (Å²) >= 11 is 0. The molecule has 7 heteroatoms. The predicted molar refractivity (Wildman–Crippen MR) is 164 cm³/mol. The van der Waals surface area contributed by atoms with Crippen molar-refractivity contribution in [2.24, 2.45) is 33.0 Å². The number of hydrogen-bond donors (Lipinski definition) is 1. The Hall–Kier alpha value is -3.48. The fourth-order valence-electron chi connectivity index (χ4n) is 9.68. The number of ether oxygens (including phenoxy) is 1. The maximum atomic E-state index is 13.7. The lowest BCUT2D eigenvalue weighted by atomic mass is 9.34. The summed E-state index contributed by atoms with van der Waals surface area (Å²) in [5.74, 6) is -0.343. The Balaban J connectivity index is 1.29. The molecule has 6 rings (SSSR count). The largest absolute Gasteiger partial charge is 0.504 e. The predicted octanol–water partition coefficient (Wildman–Crippen LogP) is 8.26. The third-order valence-corrected chi connectivity index (χ3v) is 12.9. The van der Waals surface area contributed by atoms with Crippen LogP contribution in [-0.4, -0.2) is 21.8 Å². The molecule has 0 radical (unpaired) electrons. The van der Waals surface area contributed by atoms with Crippen LogP contribution in [0.1, 0.15) is 92.1 Å². The van der Waals surface area contributed by atoms with Gasteiger partial charge in [0.25, 0.3) is 5.69 Å². The van der Waals surface area contributed by atoms with Crippen LogP contribution >= 0.6 is 0 Å². The second-order valence-electron chi connectivity index (χ2n) is 15.1. The quantitative estimate of drug-likeness (QED) is 0.217. The van der Waals surface area contributed by atoms with Gasteiger partial charge < -0.3 is 9.84 Å². The van der Waals surface area contributed by atoms with Crippen molar-refractivity contribution in [3.8, 4) is 0 Å². The van der Waals surface area contributed by atoms with Gasteiger partial charge in [-0.25, -0.2) is 0 Å². The highest BCUT2D eigenvalue weighted by Crippen LogP contribution is 2.75. The minimum absolute atomic E-state index is 0.0155. The summed E-state index contributed by atoms with van der Waals surface area (Å²) in [4.78, 5) is 37.0. The van der Waals surface area contributed by atoms with Gasteiger partial charge in [0.2, 0.25) is 5.78 Å². The van der Waals surface area contributed by atoms with Gasteiger partial charge in [0.15, 0.2) is 5.76 Å². The standard InChI is InChI=1S/C36H43NO6/c1-22-25-11-12-28-34(4,26(25)19-27(38)30(22)39)16-18-36(6)29-20-33(3,14-13-32(29,2)15-17-35(28,36)5)31(40)43-21-23-7-9-24(10-8-23)37(41)42/h7-12,19,29,39H,13-18,20-21H2,1-6H3/t29-,32-,33-,34+,35-,36+/m1/s1. The van der Waals surface area contributed by atoms with E-state index in [-0.39, 0.29) is 51.5 Å². The van der Waals surface area contributed by atoms with Crippen molar-refractivity contribution in [2.75, 3.05) is 0 Å². The normalized spacial score (nSPS) is 38.4. The van der Waals surface area contributed by atoms with E-state index in [0.717, 1.165) is 61.7 Å². The summed E-state index contributed by atoms with van der Waals surface area (Å²) in [7, 11) is 0. The first-order chi connectivity index (χ1) is 20.1. The van der Waals surface area contributed by atoms with Crippen LogP contribution in [0, 0.1) is 43.1 Å². The van der Waals surface area contributed by atoms with Crippen LogP contribution < -0.4 is 0 Å². The maximum absolute atomic E-state index is 13.7. The van der Waals surface area contributed by atoms with Gasteiger partial charge in [0.05, 0.1) is 10.3 Å². The molecular weight excluding hydrogens is 542 g/mol. The summed E-state index contributed by atoms with van der Waals surface area (Å²) in [6.07, 6.45) is 12.6. The molecule has 0 unspecified atom stereocenters. The number of rotatable bonds is 4. The molecule has 5 aliphatic carbocycles. The number of allylic oxidation sites excluding steroid dienone is 7. The number of hydrogen-bond acceptors (Lipinski definition) is 6. The molecule has 1 N–H and O–H groups in total. The number of aliphatic hydroxyl groups is 1. The van der Waals surface area contributed by atoms with Gasteiger partial charge in [-0.1, -0.05) is 45.4 Å². The summed E-state index contributed by atoms with van der Waals surface area (Å²) < 4.78 is 5.88. The molecule has 1 aromatic rings. The number of non-ortho nitro benzene ring substituents is 1. The van der Waals surface area contributed by atoms with Crippen molar-refractivity contribution < 1.29 is 24.4 Å². The maximum Gasteiger partial charge on any atom is 0.312 e. The molecule has 0 aromatic heterocycles. The number of nitro benzene ring substituents is 1. The topological polar surface area (TPSA) is 107 Å². The summed E-state index contributed by atoms with van der Waals surface area (Å²) in [6, 6.07) is 6.17. The summed E-state index contributed by atoms with van der Waals surface area (Å²) in [5.41, 5.74) is 3.84. The average Bonchev–Trinajstić information content (AvgIpc) is 2.97. The van der Waals surface area contributed by atoms with Gasteiger partial charge in [0.1, 0.15) is 6.61 Å². The number of aliphatic hydroxyl groups excluding tert-OH is 1. The number of ketones is 1. The first kappa shape index (κ1) is 29.6. The van der Waals surface area contributed by atoms with Crippen molar-refractivity contribution in [3.05, 3.63) is 86.2 Å². The van der Waals surface area contributed by atoms with Crippen molar-refractivity contribution >= 4 is 17.4 Å². The number of carbonyl (C=O) groups is 2. The van der Waals surface area contributed by atoms with Crippen molar-refractivity contribution in [1.29, 1.82) is 0 Å². The number of nitrogens with zero attached hydrogens (tertiary/aromatic N) is 1. The molecule has 0 heterocycles. The Bertz CT molecular complexity index is 1560. The number of esters is 1. The van der Waals surface area contributed by atoms with Gasteiger partial charge in [-0.2, -0.15) is 0 Å². The van der Waals surface area contributed by atoms with E-state index in [1.54, 1.807) is 18.2 Å². The molecule has 0 bridgehead atoms. The average molecular weight is 586 g/mol. The summed E-state index contributed by atoms with van der Waals surface area (Å²) in [6.45, 7) is 13.5. The van der Waals surface area contributed by atoms with Gasteiger partial charge >= 0.3 is 5.97 Å². The lowest BCUT2D eigenvalue weighted by Crippen LogP contribution is -2.62. The first-order valence-corrected chi connectivity index (χ1v) is 15.6. The highest BCUT2D eigenvalue weighted by molar-refractivity contribution is 6.06. The fraction of sp³-hybridized carbons (Fsp3) is 0.556. The van der Waals surface area contributed by atoms with E-state index in [1.807, 2.05) is 6.92 Å². The molecule has 0 spiro atoms. The van der Waals surface area contributed by atoms with Gasteiger partial charge in [0, 0.05) is 23.1 Å². The second-order valence-corrected chi connectivity index (χ2v) is 15.1. The van der Waals surface area contributed by atoms with Crippen molar-refractivity contribution in [3.63, 3.8) is 0 Å². The highest BCUT2D eigenvalue weighted by Gasteiger charge is 2.67. The van der Waals surface area contributed by atoms with Crippen LogP contribution in [0.15, 0.2) is 70.5 Å². The number of benzene rings is 1. The molecule has 3 saturated carbocycles. The molecule has 228 valence electrons. The monoisotopic (exact) mass is 585 g/mol. The molecule has 3 fully saturated rings.